The summed E-state index contributed by atoms with van der Waals surface area (Å²) in [5.74, 6) is -1.62. The van der Waals surface area contributed by atoms with Gasteiger partial charge in [-0.25, -0.2) is 10.1 Å². The Morgan fingerprint density at radius 2 is 1.78 bits per heavy atom. The standard InChI is InChI=1S/C17H24F2O7S/c1-13-5-6-14(2,23-13)11-10(13)15(3)7-9(16(11,4)24-15)8-22-12(20)17(18,19)27-26-25-21/h9-11,21H,5-8H2,1-4H3. The van der Waals surface area contributed by atoms with Crippen molar-refractivity contribution in [3.8, 4) is 0 Å². The Morgan fingerprint density at radius 3 is 2.41 bits per heavy atom. The number of hydrogen-bond donors (Lipinski definition) is 1. The van der Waals surface area contributed by atoms with E-state index in [0.717, 1.165) is 12.8 Å². The average molecular weight is 410 g/mol. The van der Waals surface area contributed by atoms with Crippen molar-refractivity contribution >= 4 is 18.0 Å². The van der Waals surface area contributed by atoms with E-state index >= 15 is 0 Å². The van der Waals surface area contributed by atoms with Crippen LogP contribution in [0.3, 0.4) is 0 Å². The summed E-state index contributed by atoms with van der Waals surface area (Å²) >= 11 is -0.624. The molecule has 0 aromatic heterocycles. The van der Waals surface area contributed by atoms with Crippen molar-refractivity contribution in [2.45, 2.75) is 74.6 Å². The van der Waals surface area contributed by atoms with Gasteiger partial charge in [-0.05, 0) is 47.0 Å². The molecular weight excluding hydrogens is 386 g/mol. The van der Waals surface area contributed by atoms with Gasteiger partial charge >= 0.3 is 11.2 Å². The van der Waals surface area contributed by atoms with E-state index in [1.165, 1.54) is 0 Å². The van der Waals surface area contributed by atoms with E-state index in [4.69, 9.17) is 19.5 Å². The van der Waals surface area contributed by atoms with Crippen LogP contribution in [-0.2, 0) is 28.4 Å². The second kappa shape index (κ2) is 5.76. The summed E-state index contributed by atoms with van der Waals surface area (Å²) in [5.41, 5.74) is -1.60. The molecule has 0 amide bonds. The molecule has 4 bridgehead atoms. The van der Waals surface area contributed by atoms with Crippen LogP contribution in [0.25, 0.3) is 0 Å². The Kier molecular flexibility index (Phi) is 4.22. The van der Waals surface area contributed by atoms with Crippen LogP contribution < -0.4 is 0 Å². The lowest BCUT2D eigenvalue weighted by Gasteiger charge is -2.46. The van der Waals surface area contributed by atoms with Gasteiger partial charge < -0.3 is 14.2 Å². The first-order valence-electron chi connectivity index (χ1n) is 9.02. The Bertz CT molecular complexity index is 665. The second-order valence-electron chi connectivity index (χ2n) is 9.02. The van der Waals surface area contributed by atoms with Crippen LogP contribution in [-0.4, -0.2) is 45.5 Å². The highest BCUT2D eigenvalue weighted by Crippen LogP contribution is 2.74. The fraction of sp³-hybridized carbons (Fsp3) is 0.941. The molecule has 7 atom stereocenters. The fourth-order valence-corrected chi connectivity index (χ4v) is 6.86. The van der Waals surface area contributed by atoms with Crippen molar-refractivity contribution in [3.05, 3.63) is 0 Å². The van der Waals surface area contributed by atoms with Crippen LogP contribution >= 0.6 is 12.0 Å². The Morgan fingerprint density at radius 1 is 1.15 bits per heavy atom. The van der Waals surface area contributed by atoms with E-state index in [0.29, 0.717) is 6.42 Å². The molecule has 4 rings (SSSR count). The topological polar surface area (TPSA) is 83.5 Å². The van der Waals surface area contributed by atoms with Crippen LogP contribution in [0.2, 0.25) is 0 Å². The molecule has 27 heavy (non-hydrogen) atoms. The number of carbonyl (C=O) groups is 1. The molecule has 4 aliphatic heterocycles. The van der Waals surface area contributed by atoms with E-state index in [2.05, 4.69) is 23.2 Å². The van der Waals surface area contributed by atoms with Crippen molar-refractivity contribution in [2.24, 2.45) is 17.8 Å². The Hall–Kier alpha value is -0.520. The normalized spacial score (nSPS) is 50.3. The summed E-state index contributed by atoms with van der Waals surface area (Å²) in [6, 6.07) is 0. The van der Waals surface area contributed by atoms with Crippen LogP contribution in [0.1, 0.15) is 47.0 Å². The summed E-state index contributed by atoms with van der Waals surface area (Å²) in [6.45, 7) is 8.08. The molecule has 0 aliphatic carbocycles. The molecule has 10 heteroatoms. The van der Waals surface area contributed by atoms with Gasteiger partial charge in [0.25, 0.3) is 0 Å². The van der Waals surface area contributed by atoms with Gasteiger partial charge in [0.1, 0.15) is 12.0 Å². The molecule has 0 spiro atoms. The minimum atomic E-state index is -4.00. The third-order valence-corrected chi connectivity index (χ3v) is 7.75. The molecule has 4 saturated heterocycles. The van der Waals surface area contributed by atoms with Crippen LogP contribution in [0.5, 0.6) is 0 Å². The molecule has 4 heterocycles. The largest absolute Gasteiger partial charge is 0.460 e. The molecule has 4 aliphatic rings. The van der Waals surface area contributed by atoms with E-state index in [9.17, 15) is 13.6 Å². The highest BCUT2D eigenvalue weighted by molar-refractivity contribution is 7.96. The summed E-state index contributed by atoms with van der Waals surface area (Å²) in [7, 11) is 0. The lowest BCUT2D eigenvalue weighted by Crippen LogP contribution is -2.55. The number of halogens is 2. The quantitative estimate of drug-likeness (QED) is 0.309. The SMILES string of the molecule is CC12CCC(C)(O1)C1C2C2(C)CC(COC(=O)C(F)(F)SOOO)C1(C)O2. The predicted octanol–water partition coefficient (Wildman–Crippen LogP) is 3.33. The Balaban J connectivity index is 1.49. The van der Waals surface area contributed by atoms with Gasteiger partial charge in [-0.1, -0.05) is 5.04 Å². The zero-order valence-electron chi connectivity index (χ0n) is 15.6. The fourth-order valence-electron chi connectivity index (χ4n) is 6.61. The third-order valence-electron chi connectivity index (χ3n) is 7.25. The smallest absolute Gasteiger partial charge is 0.415 e. The molecule has 0 saturated carbocycles. The zero-order valence-corrected chi connectivity index (χ0v) is 16.4. The molecule has 0 aromatic rings. The molecule has 0 aromatic carbocycles. The molecule has 7 unspecified atom stereocenters. The number of esters is 1. The number of ether oxygens (including phenoxy) is 3. The predicted molar refractivity (Wildman–Crippen MR) is 88.4 cm³/mol. The molecular formula is C17H24F2O7S. The van der Waals surface area contributed by atoms with E-state index in [1.54, 1.807) is 0 Å². The maximum atomic E-state index is 13.6. The second-order valence-corrected chi connectivity index (χ2v) is 9.84. The van der Waals surface area contributed by atoms with Gasteiger partial charge in [-0.15, -0.1) is 4.33 Å². The van der Waals surface area contributed by atoms with E-state index < -0.39 is 34.5 Å². The van der Waals surface area contributed by atoms with Gasteiger partial charge in [0.15, 0.2) is 0 Å². The number of carbonyl (C=O) groups excluding carboxylic acids is 1. The average Bonchev–Trinajstić information content (AvgIpc) is 3.19. The monoisotopic (exact) mass is 410 g/mol. The van der Waals surface area contributed by atoms with Crippen molar-refractivity contribution in [3.63, 3.8) is 0 Å². The highest BCUT2D eigenvalue weighted by Gasteiger charge is 2.80. The van der Waals surface area contributed by atoms with Crippen molar-refractivity contribution < 1.29 is 42.4 Å². The van der Waals surface area contributed by atoms with Gasteiger partial charge in [0, 0.05) is 17.8 Å². The number of rotatable bonds is 6. The number of fused-ring (bicyclic) bond motifs is 9. The molecule has 1 N–H and O–H groups in total. The summed E-state index contributed by atoms with van der Waals surface area (Å²) in [4.78, 5) is 11.7. The summed E-state index contributed by atoms with van der Waals surface area (Å²) in [6.07, 6.45) is 2.52. The summed E-state index contributed by atoms with van der Waals surface area (Å²) < 4.78 is 48.7. The molecule has 154 valence electrons. The molecule has 0 radical (unpaired) electrons. The first kappa shape index (κ1) is 19.8. The van der Waals surface area contributed by atoms with Crippen molar-refractivity contribution in [2.75, 3.05) is 6.61 Å². The summed E-state index contributed by atoms with van der Waals surface area (Å²) in [5, 5.41) is 7.09. The van der Waals surface area contributed by atoms with Crippen LogP contribution in [0, 0.1) is 17.8 Å². The van der Waals surface area contributed by atoms with Gasteiger partial charge in [-0.3, -0.25) is 0 Å². The van der Waals surface area contributed by atoms with Crippen LogP contribution in [0.4, 0.5) is 8.78 Å². The van der Waals surface area contributed by atoms with E-state index in [-0.39, 0.29) is 35.6 Å². The first-order chi connectivity index (χ1) is 12.4. The van der Waals surface area contributed by atoms with Crippen LogP contribution in [0.15, 0.2) is 0 Å². The third kappa shape index (κ3) is 2.60. The van der Waals surface area contributed by atoms with Gasteiger partial charge in [0.05, 0.1) is 29.0 Å². The van der Waals surface area contributed by atoms with Gasteiger partial charge in [-0.2, -0.15) is 8.78 Å². The van der Waals surface area contributed by atoms with Gasteiger partial charge in [0.2, 0.25) is 0 Å². The number of hydrogen-bond acceptors (Lipinski definition) is 8. The molecule has 4 fully saturated rings. The Labute approximate surface area is 160 Å². The number of alkyl halides is 2. The maximum Gasteiger partial charge on any atom is 0.415 e. The van der Waals surface area contributed by atoms with Crippen molar-refractivity contribution in [1.82, 2.24) is 0 Å². The minimum absolute atomic E-state index is 0.118. The minimum Gasteiger partial charge on any atom is -0.460 e. The zero-order chi connectivity index (χ0) is 19.9. The van der Waals surface area contributed by atoms with E-state index in [1.807, 2.05) is 13.8 Å². The van der Waals surface area contributed by atoms with Crippen molar-refractivity contribution in [1.29, 1.82) is 0 Å². The highest BCUT2D eigenvalue weighted by atomic mass is 32.2. The maximum absolute atomic E-state index is 13.6. The first-order valence-corrected chi connectivity index (χ1v) is 9.76. The molecule has 7 nitrogen and oxygen atoms in total. The lowest BCUT2D eigenvalue weighted by molar-refractivity contribution is -0.433. The lowest BCUT2D eigenvalue weighted by atomic mass is 9.53.